The van der Waals surface area contributed by atoms with Crippen molar-refractivity contribution in [1.29, 1.82) is 0 Å². The largest absolute Gasteiger partial charge is 0.292 e. The van der Waals surface area contributed by atoms with E-state index in [0.29, 0.717) is 5.56 Å². The molecule has 0 spiro atoms. The zero-order valence-corrected chi connectivity index (χ0v) is 22.2. The van der Waals surface area contributed by atoms with Gasteiger partial charge >= 0.3 is 0 Å². The van der Waals surface area contributed by atoms with Crippen LogP contribution in [0, 0.1) is 13.8 Å². The minimum Gasteiger partial charge on any atom is -0.292 e. The molecule has 0 amide bonds. The summed E-state index contributed by atoms with van der Waals surface area (Å²) in [4.78, 5) is 17.6. The predicted octanol–water partition coefficient (Wildman–Crippen LogP) is 5.79. The molecule has 0 aliphatic carbocycles. The number of pyridine rings is 1. The van der Waals surface area contributed by atoms with Crippen molar-refractivity contribution in [2.45, 2.75) is 40.2 Å². The van der Waals surface area contributed by atoms with E-state index in [1.165, 1.54) is 5.56 Å². The summed E-state index contributed by atoms with van der Waals surface area (Å²) in [5.41, 5.74) is 8.22. The standard InChI is InChI=1S/C30H29N7O/c1-18(2)28-20(4)37(26-14-22-15-35(5)34-30(22)31-19(26)3)33-29(28)23-12-9-13-25-24(23)16-36(32-25)17-27(38)21-10-7-6-8-11-21/h6-16,18H,17H2,1-5H3. The van der Waals surface area contributed by atoms with Gasteiger partial charge in [0.1, 0.15) is 6.54 Å². The third-order valence-corrected chi connectivity index (χ3v) is 7.00. The third-order valence-electron chi connectivity index (χ3n) is 7.00. The molecule has 190 valence electrons. The molecular weight excluding hydrogens is 474 g/mol. The highest BCUT2D eigenvalue weighted by Gasteiger charge is 2.23. The molecule has 8 heteroatoms. The Labute approximate surface area is 220 Å². The van der Waals surface area contributed by atoms with Gasteiger partial charge in [-0.05, 0) is 31.9 Å². The molecule has 0 N–H and O–H groups in total. The maximum Gasteiger partial charge on any atom is 0.184 e. The second-order valence-electron chi connectivity index (χ2n) is 10.1. The summed E-state index contributed by atoms with van der Waals surface area (Å²) < 4.78 is 5.51. The van der Waals surface area contributed by atoms with E-state index in [1.54, 1.807) is 9.36 Å². The number of carbonyl (C=O) groups is 1. The van der Waals surface area contributed by atoms with Crippen molar-refractivity contribution in [3.05, 3.63) is 89.5 Å². The third kappa shape index (κ3) is 3.98. The molecule has 8 nitrogen and oxygen atoms in total. The van der Waals surface area contributed by atoms with Crippen LogP contribution < -0.4 is 0 Å². The van der Waals surface area contributed by atoms with Gasteiger partial charge in [0.2, 0.25) is 0 Å². The molecule has 0 fully saturated rings. The molecular formula is C30H29N7O. The SMILES string of the molecule is Cc1nc2nn(C)cc2cc1-n1nc(-c2cccc3nn(CC(=O)c4ccccc4)cc23)c(C(C)C)c1C. The lowest BCUT2D eigenvalue weighted by atomic mass is 9.95. The molecule has 38 heavy (non-hydrogen) atoms. The quantitative estimate of drug-likeness (QED) is 0.269. The Morgan fingerprint density at radius 1 is 0.947 bits per heavy atom. The summed E-state index contributed by atoms with van der Waals surface area (Å²) in [5.74, 6) is 0.274. The lowest BCUT2D eigenvalue weighted by Crippen LogP contribution is -2.10. The molecule has 0 radical (unpaired) electrons. The monoisotopic (exact) mass is 503 g/mol. The first-order valence-electron chi connectivity index (χ1n) is 12.8. The number of aryl methyl sites for hydroxylation is 2. The van der Waals surface area contributed by atoms with E-state index in [4.69, 9.17) is 15.2 Å². The number of rotatable bonds is 6. The highest BCUT2D eigenvalue weighted by Crippen LogP contribution is 2.36. The van der Waals surface area contributed by atoms with Gasteiger partial charge in [-0.1, -0.05) is 56.3 Å². The van der Waals surface area contributed by atoms with E-state index in [-0.39, 0.29) is 18.2 Å². The number of carbonyl (C=O) groups excluding carboxylic acids is 1. The molecule has 0 unspecified atom stereocenters. The summed E-state index contributed by atoms with van der Waals surface area (Å²) in [6.45, 7) is 8.66. The van der Waals surface area contributed by atoms with Crippen LogP contribution in [0.5, 0.6) is 0 Å². The van der Waals surface area contributed by atoms with Crippen molar-refractivity contribution in [2.75, 3.05) is 0 Å². The van der Waals surface area contributed by atoms with Crippen molar-refractivity contribution in [1.82, 2.24) is 34.3 Å². The molecule has 4 heterocycles. The number of hydrogen-bond acceptors (Lipinski definition) is 5. The van der Waals surface area contributed by atoms with Crippen LogP contribution in [0.15, 0.2) is 67.0 Å². The number of benzene rings is 2. The first-order chi connectivity index (χ1) is 18.3. The van der Waals surface area contributed by atoms with Crippen LogP contribution in [-0.4, -0.2) is 40.1 Å². The molecule has 2 aromatic carbocycles. The second kappa shape index (κ2) is 9.06. The molecule has 0 atom stereocenters. The van der Waals surface area contributed by atoms with Crippen LogP contribution >= 0.6 is 0 Å². The summed E-state index contributed by atoms with van der Waals surface area (Å²) in [6, 6.07) is 17.5. The lowest BCUT2D eigenvalue weighted by Gasteiger charge is -2.10. The van der Waals surface area contributed by atoms with E-state index < -0.39 is 0 Å². The van der Waals surface area contributed by atoms with Gasteiger partial charge in [0, 0.05) is 52.6 Å². The maximum absolute atomic E-state index is 12.8. The van der Waals surface area contributed by atoms with Crippen LogP contribution in [0.25, 0.3) is 38.9 Å². The van der Waals surface area contributed by atoms with Crippen LogP contribution in [0.3, 0.4) is 0 Å². The molecule has 4 aromatic heterocycles. The van der Waals surface area contributed by atoms with Gasteiger partial charge < -0.3 is 0 Å². The van der Waals surface area contributed by atoms with Gasteiger partial charge in [-0.15, -0.1) is 0 Å². The first-order valence-corrected chi connectivity index (χ1v) is 12.8. The fraction of sp³-hybridized carbons (Fsp3) is 0.233. The minimum atomic E-state index is 0.0247. The first kappa shape index (κ1) is 23.8. The smallest absolute Gasteiger partial charge is 0.184 e. The van der Waals surface area contributed by atoms with E-state index in [9.17, 15) is 4.79 Å². The van der Waals surface area contributed by atoms with Crippen LogP contribution in [0.4, 0.5) is 0 Å². The van der Waals surface area contributed by atoms with Gasteiger partial charge in [0.15, 0.2) is 11.4 Å². The topological polar surface area (TPSA) is 83.4 Å². The highest BCUT2D eigenvalue weighted by molar-refractivity contribution is 5.97. The molecule has 0 aliphatic heterocycles. The molecule has 0 saturated heterocycles. The van der Waals surface area contributed by atoms with Gasteiger partial charge in [-0.3, -0.25) is 14.2 Å². The number of hydrogen-bond donors (Lipinski definition) is 0. The fourth-order valence-electron chi connectivity index (χ4n) is 5.25. The van der Waals surface area contributed by atoms with Gasteiger partial charge in [0.25, 0.3) is 0 Å². The Balaban J connectivity index is 1.47. The van der Waals surface area contributed by atoms with E-state index in [1.807, 2.05) is 73.5 Å². The van der Waals surface area contributed by atoms with Crippen molar-refractivity contribution in [3.63, 3.8) is 0 Å². The predicted molar refractivity (Wildman–Crippen MR) is 149 cm³/mol. The van der Waals surface area contributed by atoms with Crippen molar-refractivity contribution >= 4 is 27.7 Å². The molecule has 0 aliphatic rings. The summed E-state index contributed by atoms with van der Waals surface area (Å²) in [6.07, 6.45) is 3.93. The second-order valence-corrected chi connectivity index (χ2v) is 10.1. The Kier molecular flexibility index (Phi) is 5.67. The fourth-order valence-corrected chi connectivity index (χ4v) is 5.25. The Hall–Kier alpha value is -4.59. The molecule has 0 saturated carbocycles. The average molecular weight is 504 g/mol. The lowest BCUT2D eigenvalue weighted by molar-refractivity contribution is 0.0968. The number of fused-ring (bicyclic) bond motifs is 2. The van der Waals surface area contributed by atoms with Crippen LogP contribution in [-0.2, 0) is 13.6 Å². The normalized spacial score (nSPS) is 11.7. The van der Waals surface area contributed by atoms with Crippen molar-refractivity contribution in [3.8, 4) is 16.9 Å². The van der Waals surface area contributed by atoms with Gasteiger partial charge in [-0.2, -0.15) is 15.3 Å². The van der Waals surface area contributed by atoms with E-state index >= 15 is 0 Å². The van der Waals surface area contributed by atoms with Gasteiger partial charge in [0.05, 0.1) is 22.6 Å². The Bertz CT molecular complexity index is 1820. The minimum absolute atomic E-state index is 0.0247. The number of nitrogens with zero attached hydrogens (tertiary/aromatic N) is 7. The summed E-state index contributed by atoms with van der Waals surface area (Å²) in [7, 11) is 1.90. The highest BCUT2D eigenvalue weighted by atomic mass is 16.1. The van der Waals surface area contributed by atoms with Crippen molar-refractivity contribution < 1.29 is 4.79 Å². The van der Waals surface area contributed by atoms with E-state index in [2.05, 4.69) is 38.0 Å². The van der Waals surface area contributed by atoms with Crippen LogP contribution in [0.2, 0.25) is 0 Å². The number of ketones is 1. The zero-order chi connectivity index (χ0) is 26.6. The summed E-state index contributed by atoms with van der Waals surface area (Å²) in [5, 5.41) is 16.3. The maximum atomic E-state index is 12.8. The van der Waals surface area contributed by atoms with Crippen LogP contribution in [0.1, 0.15) is 47.1 Å². The average Bonchev–Trinajstić information content (AvgIpc) is 3.57. The zero-order valence-electron chi connectivity index (χ0n) is 22.2. The van der Waals surface area contributed by atoms with Gasteiger partial charge in [-0.25, -0.2) is 9.67 Å². The molecule has 0 bridgehead atoms. The van der Waals surface area contributed by atoms with Crippen molar-refractivity contribution in [2.24, 2.45) is 7.05 Å². The molecule has 6 aromatic rings. The van der Waals surface area contributed by atoms with E-state index in [0.717, 1.165) is 50.3 Å². The Morgan fingerprint density at radius 2 is 1.74 bits per heavy atom. The number of aromatic nitrogens is 7. The summed E-state index contributed by atoms with van der Waals surface area (Å²) >= 11 is 0. The molecule has 6 rings (SSSR count). The number of Topliss-reactive ketones (excluding diaryl/α,β-unsaturated/α-hetero) is 1. The Morgan fingerprint density at radius 3 is 2.50 bits per heavy atom.